The van der Waals surface area contributed by atoms with Gasteiger partial charge in [-0.05, 0) is 52.3 Å². The zero-order chi connectivity index (χ0) is 13.2. The topological polar surface area (TPSA) is 23.5 Å². The number of benzene rings is 1. The summed E-state index contributed by atoms with van der Waals surface area (Å²) in [5.41, 5.74) is 2.37. The quantitative estimate of drug-likeness (QED) is 0.884. The van der Waals surface area contributed by atoms with Crippen LogP contribution in [0.2, 0.25) is 0 Å². The highest BCUT2D eigenvalue weighted by atomic mass is 16.3. The normalized spacial score (nSPS) is 19.1. The number of aliphatic hydroxyl groups excluding tert-OH is 1. The van der Waals surface area contributed by atoms with Crippen LogP contribution in [-0.2, 0) is 6.42 Å². The van der Waals surface area contributed by atoms with Crippen molar-refractivity contribution < 1.29 is 5.11 Å². The molecular formula is C16H25NO. The van der Waals surface area contributed by atoms with E-state index in [2.05, 4.69) is 49.9 Å². The summed E-state index contributed by atoms with van der Waals surface area (Å²) in [6, 6.07) is 8.48. The molecule has 0 radical (unpaired) electrons. The van der Waals surface area contributed by atoms with Crippen LogP contribution in [0.15, 0.2) is 24.3 Å². The molecule has 100 valence electrons. The fourth-order valence-corrected chi connectivity index (χ4v) is 2.70. The first-order valence-corrected chi connectivity index (χ1v) is 6.99. The lowest BCUT2D eigenvalue weighted by molar-refractivity contribution is 0.00337. The Morgan fingerprint density at radius 1 is 1.17 bits per heavy atom. The summed E-state index contributed by atoms with van der Waals surface area (Å²) in [7, 11) is 0. The average Bonchev–Trinajstić information content (AvgIpc) is 2.86. The minimum atomic E-state index is -0.307. The Balaban J connectivity index is 2.01. The van der Waals surface area contributed by atoms with Gasteiger partial charge in [0, 0.05) is 12.0 Å². The van der Waals surface area contributed by atoms with Gasteiger partial charge >= 0.3 is 0 Å². The van der Waals surface area contributed by atoms with Crippen molar-refractivity contribution in [1.82, 2.24) is 4.90 Å². The Kier molecular flexibility index (Phi) is 4.08. The lowest BCUT2D eigenvalue weighted by Crippen LogP contribution is -2.51. The summed E-state index contributed by atoms with van der Waals surface area (Å²) in [6.07, 6.45) is 2.96. The van der Waals surface area contributed by atoms with Crippen LogP contribution in [0.5, 0.6) is 0 Å². The van der Waals surface area contributed by atoms with Gasteiger partial charge in [0.05, 0.1) is 6.10 Å². The Morgan fingerprint density at radius 3 is 2.28 bits per heavy atom. The smallest absolute Gasteiger partial charge is 0.0758 e. The third-order valence-electron chi connectivity index (χ3n) is 4.29. The number of likely N-dealkylation sites (tertiary alicyclic amines) is 1. The highest BCUT2D eigenvalue weighted by Gasteiger charge is 2.35. The van der Waals surface area contributed by atoms with E-state index in [0.29, 0.717) is 0 Å². The van der Waals surface area contributed by atoms with Crippen molar-refractivity contribution in [3.63, 3.8) is 0 Å². The van der Waals surface area contributed by atoms with E-state index < -0.39 is 0 Å². The van der Waals surface area contributed by atoms with Gasteiger partial charge in [-0.1, -0.05) is 29.8 Å². The minimum absolute atomic E-state index is 0.124. The van der Waals surface area contributed by atoms with Gasteiger partial charge in [-0.2, -0.15) is 0 Å². The molecule has 2 nitrogen and oxygen atoms in total. The molecule has 1 aliphatic heterocycles. The van der Waals surface area contributed by atoms with Gasteiger partial charge in [-0.25, -0.2) is 0 Å². The fourth-order valence-electron chi connectivity index (χ4n) is 2.70. The minimum Gasteiger partial charge on any atom is -0.391 e. The molecule has 2 rings (SSSR count). The van der Waals surface area contributed by atoms with Crippen molar-refractivity contribution in [2.45, 2.75) is 51.7 Å². The Bertz CT molecular complexity index is 377. The number of aliphatic hydroxyl groups is 1. The second-order valence-corrected chi connectivity index (χ2v) is 6.05. The van der Waals surface area contributed by atoms with E-state index in [-0.39, 0.29) is 11.6 Å². The van der Waals surface area contributed by atoms with E-state index in [1.807, 2.05) is 0 Å². The predicted molar refractivity (Wildman–Crippen MR) is 75.8 cm³/mol. The van der Waals surface area contributed by atoms with Crippen molar-refractivity contribution >= 4 is 0 Å². The number of aryl methyl sites for hydroxylation is 1. The van der Waals surface area contributed by atoms with Gasteiger partial charge < -0.3 is 5.11 Å². The van der Waals surface area contributed by atoms with Crippen molar-refractivity contribution in [3.8, 4) is 0 Å². The molecule has 1 heterocycles. The van der Waals surface area contributed by atoms with Crippen LogP contribution in [0, 0.1) is 6.92 Å². The van der Waals surface area contributed by atoms with E-state index in [0.717, 1.165) is 19.5 Å². The summed E-state index contributed by atoms with van der Waals surface area (Å²) in [5, 5.41) is 10.5. The molecule has 1 saturated heterocycles. The zero-order valence-electron chi connectivity index (χ0n) is 11.8. The van der Waals surface area contributed by atoms with Crippen molar-refractivity contribution in [3.05, 3.63) is 35.4 Å². The summed E-state index contributed by atoms with van der Waals surface area (Å²) < 4.78 is 0. The van der Waals surface area contributed by atoms with Crippen molar-refractivity contribution in [2.24, 2.45) is 0 Å². The molecule has 0 bridgehead atoms. The lowest BCUT2D eigenvalue weighted by atomic mass is 9.90. The summed E-state index contributed by atoms with van der Waals surface area (Å²) in [5.74, 6) is 0. The molecule has 0 spiro atoms. The molecule has 1 N–H and O–H groups in total. The molecule has 1 atom stereocenters. The van der Waals surface area contributed by atoms with E-state index in [9.17, 15) is 5.11 Å². The third kappa shape index (κ3) is 2.93. The van der Waals surface area contributed by atoms with E-state index >= 15 is 0 Å². The predicted octanol–water partition coefficient (Wildman–Crippen LogP) is 2.77. The summed E-state index contributed by atoms with van der Waals surface area (Å²) in [6.45, 7) is 8.67. The number of hydrogen-bond donors (Lipinski definition) is 1. The highest BCUT2D eigenvalue weighted by molar-refractivity contribution is 5.22. The summed E-state index contributed by atoms with van der Waals surface area (Å²) >= 11 is 0. The van der Waals surface area contributed by atoms with E-state index in [4.69, 9.17) is 0 Å². The highest BCUT2D eigenvalue weighted by Crippen LogP contribution is 2.26. The number of rotatable bonds is 4. The first-order chi connectivity index (χ1) is 8.50. The Morgan fingerprint density at radius 2 is 1.72 bits per heavy atom. The molecule has 1 aromatic rings. The van der Waals surface area contributed by atoms with Crippen LogP contribution in [-0.4, -0.2) is 34.7 Å². The number of hydrogen-bond acceptors (Lipinski definition) is 2. The van der Waals surface area contributed by atoms with E-state index in [1.165, 1.54) is 24.0 Å². The van der Waals surface area contributed by atoms with Gasteiger partial charge in [0.15, 0.2) is 0 Å². The van der Waals surface area contributed by atoms with Gasteiger partial charge in [-0.15, -0.1) is 0 Å². The molecule has 1 unspecified atom stereocenters. The summed E-state index contributed by atoms with van der Waals surface area (Å²) in [4.78, 5) is 2.42. The second kappa shape index (κ2) is 5.41. The molecular weight excluding hydrogens is 222 g/mol. The van der Waals surface area contributed by atoms with Gasteiger partial charge in [0.25, 0.3) is 0 Å². The molecule has 1 aliphatic rings. The lowest BCUT2D eigenvalue weighted by Gasteiger charge is -2.39. The van der Waals surface area contributed by atoms with Gasteiger partial charge in [0.1, 0.15) is 0 Å². The molecule has 1 aromatic carbocycles. The molecule has 0 aliphatic carbocycles. The maximum absolute atomic E-state index is 10.5. The molecule has 0 saturated carbocycles. The van der Waals surface area contributed by atoms with E-state index in [1.54, 1.807) is 0 Å². The largest absolute Gasteiger partial charge is 0.391 e. The monoisotopic (exact) mass is 247 g/mol. The zero-order valence-corrected chi connectivity index (χ0v) is 11.8. The van der Waals surface area contributed by atoms with Crippen molar-refractivity contribution in [2.75, 3.05) is 13.1 Å². The van der Waals surface area contributed by atoms with Crippen LogP contribution in [0.25, 0.3) is 0 Å². The Labute approximate surface area is 111 Å². The maximum atomic E-state index is 10.5. The van der Waals surface area contributed by atoms with Crippen LogP contribution < -0.4 is 0 Å². The average molecular weight is 247 g/mol. The fraction of sp³-hybridized carbons (Fsp3) is 0.625. The Hall–Kier alpha value is -0.860. The molecule has 18 heavy (non-hydrogen) atoms. The SMILES string of the molecule is Cc1ccc(CC(O)C(C)(C)N2CCCC2)cc1. The maximum Gasteiger partial charge on any atom is 0.0758 e. The first kappa shape index (κ1) is 13.6. The second-order valence-electron chi connectivity index (χ2n) is 6.05. The first-order valence-electron chi connectivity index (χ1n) is 6.99. The van der Waals surface area contributed by atoms with Gasteiger partial charge in [0.2, 0.25) is 0 Å². The van der Waals surface area contributed by atoms with Crippen molar-refractivity contribution in [1.29, 1.82) is 0 Å². The molecule has 0 amide bonds. The van der Waals surface area contributed by atoms with Crippen LogP contribution >= 0.6 is 0 Å². The van der Waals surface area contributed by atoms with Gasteiger partial charge in [-0.3, -0.25) is 4.90 Å². The molecule has 2 heteroatoms. The molecule has 1 fully saturated rings. The van der Waals surface area contributed by atoms with Crippen LogP contribution in [0.4, 0.5) is 0 Å². The number of nitrogens with zero attached hydrogens (tertiary/aromatic N) is 1. The van der Waals surface area contributed by atoms with Crippen LogP contribution in [0.3, 0.4) is 0 Å². The third-order valence-corrected chi connectivity index (χ3v) is 4.29. The molecule has 0 aromatic heterocycles. The van der Waals surface area contributed by atoms with Crippen LogP contribution in [0.1, 0.15) is 37.8 Å². The standard InChI is InChI=1S/C16H25NO/c1-13-6-8-14(9-7-13)12-15(18)16(2,3)17-10-4-5-11-17/h6-9,15,18H,4-5,10-12H2,1-3H3.